The SMILES string of the molecule is CCc1ccc(CN2CC[C@@H](OC)[C@H]2Cc2cccnc2)o1. The van der Waals surface area contributed by atoms with Gasteiger partial charge in [-0.2, -0.15) is 0 Å². The Morgan fingerprint density at radius 3 is 2.86 bits per heavy atom. The number of methoxy groups -OCH3 is 1. The summed E-state index contributed by atoms with van der Waals surface area (Å²) in [4.78, 5) is 6.69. The smallest absolute Gasteiger partial charge is 0.118 e. The number of aromatic nitrogens is 1. The van der Waals surface area contributed by atoms with Gasteiger partial charge in [-0.1, -0.05) is 13.0 Å². The fourth-order valence-electron chi connectivity index (χ4n) is 3.28. The predicted molar refractivity (Wildman–Crippen MR) is 85.6 cm³/mol. The van der Waals surface area contributed by atoms with Gasteiger partial charge in [0, 0.05) is 38.5 Å². The highest BCUT2D eigenvalue weighted by atomic mass is 16.5. The molecule has 0 saturated carbocycles. The van der Waals surface area contributed by atoms with Gasteiger partial charge < -0.3 is 9.15 Å². The third-order valence-corrected chi connectivity index (χ3v) is 4.49. The minimum Gasteiger partial charge on any atom is -0.465 e. The van der Waals surface area contributed by atoms with Crippen LogP contribution in [-0.2, 0) is 24.1 Å². The standard InChI is InChI=1S/C18H24N2O2/c1-3-15-6-7-16(22-15)13-20-10-8-18(21-2)17(20)11-14-5-4-9-19-12-14/h4-7,9,12,17-18H,3,8,10-11,13H2,1-2H3/t17-,18-/m1/s1. The lowest BCUT2D eigenvalue weighted by molar-refractivity contribution is 0.0620. The van der Waals surface area contributed by atoms with E-state index in [0.717, 1.165) is 43.9 Å². The molecule has 0 radical (unpaired) electrons. The molecule has 1 fully saturated rings. The molecular weight excluding hydrogens is 276 g/mol. The molecule has 0 unspecified atom stereocenters. The summed E-state index contributed by atoms with van der Waals surface area (Å²) >= 11 is 0. The topological polar surface area (TPSA) is 38.5 Å². The first-order chi connectivity index (χ1) is 10.8. The van der Waals surface area contributed by atoms with Crippen molar-refractivity contribution in [2.24, 2.45) is 0 Å². The van der Waals surface area contributed by atoms with Gasteiger partial charge in [-0.15, -0.1) is 0 Å². The van der Waals surface area contributed by atoms with Crippen molar-refractivity contribution in [1.82, 2.24) is 9.88 Å². The lowest BCUT2D eigenvalue weighted by Gasteiger charge is -2.27. The molecule has 118 valence electrons. The van der Waals surface area contributed by atoms with Gasteiger partial charge in [0.15, 0.2) is 0 Å². The molecular formula is C18H24N2O2. The van der Waals surface area contributed by atoms with Crippen LogP contribution in [0.4, 0.5) is 0 Å². The molecule has 3 heterocycles. The van der Waals surface area contributed by atoms with Crippen LogP contribution in [0.15, 0.2) is 41.1 Å². The molecule has 0 spiro atoms. The van der Waals surface area contributed by atoms with Crippen LogP contribution in [0.25, 0.3) is 0 Å². The highest BCUT2D eigenvalue weighted by Gasteiger charge is 2.34. The van der Waals surface area contributed by atoms with Gasteiger partial charge in [0.1, 0.15) is 11.5 Å². The van der Waals surface area contributed by atoms with Crippen LogP contribution in [0.2, 0.25) is 0 Å². The molecule has 2 atom stereocenters. The predicted octanol–water partition coefficient (Wildman–Crippen LogP) is 3.07. The van der Waals surface area contributed by atoms with E-state index in [1.807, 2.05) is 25.6 Å². The van der Waals surface area contributed by atoms with E-state index in [0.29, 0.717) is 6.04 Å². The molecule has 2 aromatic heterocycles. The van der Waals surface area contributed by atoms with Gasteiger partial charge in [-0.3, -0.25) is 9.88 Å². The first kappa shape index (κ1) is 15.3. The maximum atomic E-state index is 5.87. The second-order valence-electron chi connectivity index (χ2n) is 5.89. The number of hydrogen-bond acceptors (Lipinski definition) is 4. The Hall–Kier alpha value is -1.65. The molecule has 1 aliphatic heterocycles. The minimum absolute atomic E-state index is 0.279. The van der Waals surface area contributed by atoms with E-state index in [1.165, 1.54) is 5.56 Å². The summed E-state index contributed by atoms with van der Waals surface area (Å²) in [6.45, 7) is 4.01. The van der Waals surface area contributed by atoms with Crippen molar-refractivity contribution in [2.75, 3.05) is 13.7 Å². The van der Waals surface area contributed by atoms with E-state index in [2.05, 4.69) is 35.0 Å². The van der Waals surface area contributed by atoms with Gasteiger partial charge in [0.05, 0.1) is 12.6 Å². The zero-order valence-corrected chi connectivity index (χ0v) is 13.4. The van der Waals surface area contributed by atoms with E-state index in [-0.39, 0.29) is 6.10 Å². The number of aryl methyl sites for hydroxylation is 1. The minimum atomic E-state index is 0.279. The van der Waals surface area contributed by atoms with Crippen LogP contribution in [0.1, 0.15) is 30.4 Å². The number of likely N-dealkylation sites (tertiary alicyclic amines) is 1. The third kappa shape index (κ3) is 3.39. The first-order valence-electron chi connectivity index (χ1n) is 8.03. The summed E-state index contributed by atoms with van der Waals surface area (Å²) in [7, 11) is 1.81. The first-order valence-corrected chi connectivity index (χ1v) is 8.03. The summed E-state index contributed by atoms with van der Waals surface area (Å²) < 4.78 is 11.6. The third-order valence-electron chi connectivity index (χ3n) is 4.49. The zero-order valence-electron chi connectivity index (χ0n) is 13.4. The fourth-order valence-corrected chi connectivity index (χ4v) is 3.28. The van der Waals surface area contributed by atoms with Crippen LogP contribution in [0, 0.1) is 0 Å². The summed E-state index contributed by atoms with van der Waals surface area (Å²) in [6, 6.07) is 8.69. The number of ether oxygens (including phenoxy) is 1. The van der Waals surface area contributed by atoms with Crippen LogP contribution in [0.5, 0.6) is 0 Å². The lowest BCUT2D eigenvalue weighted by Crippen LogP contribution is -2.37. The normalized spacial score (nSPS) is 22.3. The molecule has 4 nitrogen and oxygen atoms in total. The molecule has 0 aromatic carbocycles. The van der Waals surface area contributed by atoms with Crippen molar-refractivity contribution in [3.8, 4) is 0 Å². The second kappa shape index (κ2) is 7.07. The molecule has 0 amide bonds. The van der Waals surface area contributed by atoms with Crippen LogP contribution < -0.4 is 0 Å². The molecule has 0 bridgehead atoms. The second-order valence-corrected chi connectivity index (χ2v) is 5.89. The average molecular weight is 300 g/mol. The van der Waals surface area contributed by atoms with Gasteiger partial charge in [0.2, 0.25) is 0 Å². The van der Waals surface area contributed by atoms with E-state index in [4.69, 9.17) is 9.15 Å². The van der Waals surface area contributed by atoms with Crippen molar-refractivity contribution < 1.29 is 9.15 Å². The summed E-state index contributed by atoms with van der Waals surface area (Å²) in [5.74, 6) is 2.10. The largest absolute Gasteiger partial charge is 0.465 e. The Balaban J connectivity index is 1.71. The summed E-state index contributed by atoms with van der Waals surface area (Å²) in [5, 5.41) is 0. The number of pyridine rings is 1. The van der Waals surface area contributed by atoms with Crippen molar-refractivity contribution >= 4 is 0 Å². The van der Waals surface area contributed by atoms with Crippen molar-refractivity contribution in [3.05, 3.63) is 53.7 Å². The molecule has 0 aliphatic carbocycles. The van der Waals surface area contributed by atoms with E-state index >= 15 is 0 Å². The van der Waals surface area contributed by atoms with Crippen LogP contribution >= 0.6 is 0 Å². The average Bonchev–Trinajstić information content (AvgIpc) is 3.16. The number of rotatable bonds is 6. The van der Waals surface area contributed by atoms with Gasteiger partial charge in [-0.25, -0.2) is 0 Å². The van der Waals surface area contributed by atoms with Gasteiger partial charge in [-0.05, 0) is 36.6 Å². The van der Waals surface area contributed by atoms with Crippen molar-refractivity contribution in [2.45, 2.75) is 44.9 Å². The van der Waals surface area contributed by atoms with Crippen LogP contribution in [0.3, 0.4) is 0 Å². The highest BCUT2D eigenvalue weighted by molar-refractivity contribution is 5.13. The molecule has 2 aromatic rings. The molecule has 4 heteroatoms. The molecule has 1 saturated heterocycles. The maximum absolute atomic E-state index is 5.87. The molecule has 0 N–H and O–H groups in total. The quantitative estimate of drug-likeness (QED) is 0.822. The summed E-state index contributed by atoms with van der Waals surface area (Å²) in [5.41, 5.74) is 1.26. The Morgan fingerprint density at radius 1 is 1.32 bits per heavy atom. The van der Waals surface area contributed by atoms with E-state index in [9.17, 15) is 0 Å². The Bertz CT molecular complexity index is 582. The molecule has 1 aliphatic rings. The van der Waals surface area contributed by atoms with Crippen molar-refractivity contribution in [1.29, 1.82) is 0 Å². The Kier molecular flexibility index (Phi) is 4.90. The monoisotopic (exact) mass is 300 g/mol. The maximum Gasteiger partial charge on any atom is 0.118 e. The molecule has 22 heavy (non-hydrogen) atoms. The van der Waals surface area contributed by atoms with Gasteiger partial charge >= 0.3 is 0 Å². The van der Waals surface area contributed by atoms with Crippen molar-refractivity contribution in [3.63, 3.8) is 0 Å². The van der Waals surface area contributed by atoms with Crippen LogP contribution in [-0.4, -0.2) is 35.7 Å². The summed E-state index contributed by atoms with van der Waals surface area (Å²) in [6.07, 6.45) is 7.03. The van der Waals surface area contributed by atoms with E-state index in [1.54, 1.807) is 0 Å². The zero-order chi connectivity index (χ0) is 15.4. The highest BCUT2D eigenvalue weighted by Crippen LogP contribution is 2.26. The Labute approximate surface area is 132 Å². The number of furan rings is 1. The lowest BCUT2D eigenvalue weighted by atomic mass is 10.0. The van der Waals surface area contributed by atoms with E-state index < -0.39 is 0 Å². The number of hydrogen-bond donors (Lipinski definition) is 0. The van der Waals surface area contributed by atoms with Gasteiger partial charge in [0.25, 0.3) is 0 Å². The Morgan fingerprint density at radius 2 is 2.18 bits per heavy atom. The fraction of sp³-hybridized carbons (Fsp3) is 0.500. The molecule has 3 rings (SSSR count). The number of nitrogens with zero attached hydrogens (tertiary/aromatic N) is 2.